The fraction of sp³-hybridized carbons (Fsp3) is 0. The molecule has 0 aliphatic heterocycles. The molecule has 0 aromatic carbocycles. The van der Waals surface area contributed by atoms with E-state index in [1.54, 1.807) is 23.7 Å². The minimum absolute atomic E-state index is 0.336. The van der Waals surface area contributed by atoms with Crippen LogP contribution in [0.3, 0.4) is 0 Å². The Hall–Kier alpha value is -1.34. The van der Waals surface area contributed by atoms with Crippen LogP contribution in [-0.2, 0) is 0 Å². The second-order valence-electron chi connectivity index (χ2n) is 1.54. The van der Waals surface area contributed by atoms with Crippen molar-refractivity contribution in [2.45, 2.75) is 0 Å². The molecule has 1 heterocycles. The molecule has 3 nitrogen and oxygen atoms in total. The maximum atomic E-state index is 10.8. The van der Waals surface area contributed by atoms with E-state index in [0.717, 1.165) is 0 Å². The van der Waals surface area contributed by atoms with Gasteiger partial charge in [-0.25, -0.2) is 0 Å². The van der Waals surface area contributed by atoms with E-state index in [-0.39, 0.29) is 5.91 Å². The fourth-order valence-corrected chi connectivity index (χ4v) is 1.14. The molecule has 0 fully saturated rings. The van der Waals surface area contributed by atoms with Crippen LogP contribution in [0.25, 0.3) is 0 Å². The highest BCUT2D eigenvalue weighted by Gasteiger charge is 2.02. The molecule has 0 radical (unpaired) electrons. The molecule has 0 bridgehead atoms. The normalized spacial score (nSPS) is 8.30. The van der Waals surface area contributed by atoms with Gasteiger partial charge < -0.3 is 0 Å². The first-order chi connectivity index (χ1) is 4.84. The minimum atomic E-state index is -0.336. The monoisotopic (exact) mass is 152 g/mol. The highest BCUT2D eigenvalue weighted by atomic mass is 32.1. The maximum absolute atomic E-state index is 10.8. The molecule has 0 aliphatic rings. The Bertz CT molecular complexity index is 260. The van der Waals surface area contributed by atoms with Gasteiger partial charge in [0.1, 0.15) is 0 Å². The zero-order chi connectivity index (χ0) is 7.40. The largest absolute Gasteiger partial charge is 0.274 e. The van der Waals surface area contributed by atoms with Gasteiger partial charge in [-0.15, -0.1) is 11.3 Å². The third-order valence-electron chi connectivity index (χ3n) is 0.914. The number of carbonyl (C=O) groups is 1. The molecule has 1 rings (SSSR count). The van der Waals surface area contributed by atoms with Gasteiger partial charge in [-0.1, -0.05) is 6.07 Å². The Morgan fingerprint density at radius 3 is 3.10 bits per heavy atom. The summed E-state index contributed by atoms with van der Waals surface area (Å²) in [5, 5.41) is 11.9. The Kier molecular flexibility index (Phi) is 2.03. The van der Waals surface area contributed by atoms with Crippen LogP contribution in [0.15, 0.2) is 17.5 Å². The summed E-state index contributed by atoms with van der Waals surface area (Å²) in [6, 6.07) is 3.42. The van der Waals surface area contributed by atoms with E-state index in [9.17, 15) is 4.79 Å². The summed E-state index contributed by atoms with van der Waals surface area (Å²) < 4.78 is 0. The van der Waals surface area contributed by atoms with Crippen molar-refractivity contribution >= 4 is 17.2 Å². The molecule has 0 saturated carbocycles. The number of rotatable bonds is 1. The van der Waals surface area contributed by atoms with Gasteiger partial charge >= 0.3 is 0 Å². The summed E-state index contributed by atoms with van der Waals surface area (Å²) in [6.07, 6.45) is 1.56. The third-order valence-corrected chi connectivity index (χ3v) is 1.78. The molecule has 0 atom stereocenters. The van der Waals surface area contributed by atoms with Crippen molar-refractivity contribution in [3.05, 3.63) is 22.4 Å². The van der Waals surface area contributed by atoms with Crippen molar-refractivity contribution in [2.75, 3.05) is 0 Å². The zero-order valence-corrected chi connectivity index (χ0v) is 5.81. The number of carbonyl (C=O) groups excluding carboxylic acids is 1. The van der Waals surface area contributed by atoms with Gasteiger partial charge in [0.25, 0.3) is 5.91 Å². The average molecular weight is 152 g/mol. The Morgan fingerprint density at radius 1 is 1.80 bits per heavy atom. The quantitative estimate of drug-likeness (QED) is 0.481. The average Bonchev–Trinajstić information content (AvgIpc) is 2.38. The summed E-state index contributed by atoms with van der Waals surface area (Å²) >= 11 is 1.31. The molecule has 1 amide bonds. The SMILES string of the molecule is N#CNC(=O)c1cccs1. The molecule has 10 heavy (non-hydrogen) atoms. The number of nitrogens with one attached hydrogen (secondary N) is 1. The van der Waals surface area contributed by atoms with Crippen molar-refractivity contribution in [1.29, 1.82) is 5.26 Å². The molecule has 4 heteroatoms. The zero-order valence-electron chi connectivity index (χ0n) is 5.00. The number of nitriles is 1. The van der Waals surface area contributed by atoms with Gasteiger partial charge in [0.2, 0.25) is 0 Å². The van der Waals surface area contributed by atoms with Crippen molar-refractivity contribution in [2.24, 2.45) is 0 Å². The second-order valence-corrected chi connectivity index (χ2v) is 2.49. The standard InChI is InChI=1S/C6H4N2OS/c7-4-8-6(9)5-2-1-3-10-5/h1-3H,(H,8,9). The summed E-state index contributed by atoms with van der Waals surface area (Å²) in [6.45, 7) is 0. The van der Waals surface area contributed by atoms with E-state index >= 15 is 0 Å². The predicted molar refractivity (Wildman–Crippen MR) is 37.4 cm³/mol. The summed E-state index contributed by atoms with van der Waals surface area (Å²) in [5.41, 5.74) is 0. The molecule has 1 aromatic rings. The van der Waals surface area contributed by atoms with Crippen LogP contribution in [0.2, 0.25) is 0 Å². The highest BCUT2D eigenvalue weighted by Crippen LogP contribution is 2.06. The van der Waals surface area contributed by atoms with Gasteiger partial charge in [0, 0.05) is 0 Å². The highest BCUT2D eigenvalue weighted by molar-refractivity contribution is 7.12. The molecule has 0 spiro atoms. The first-order valence-electron chi connectivity index (χ1n) is 2.57. The van der Waals surface area contributed by atoms with Crippen LogP contribution in [0.5, 0.6) is 0 Å². The first-order valence-corrected chi connectivity index (χ1v) is 3.45. The summed E-state index contributed by atoms with van der Waals surface area (Å²) in [5.74, 6) is -0.336. The third kappa shape index (κ3) is 1.33. The maximum Gasteiger partial charge on any atom is 0.274 e. The number of thiophene rings is 1. The molecule has 0 aliphatic carbocycles. The topological polar surface area (TPSA) is 52.9 Å². The minimum Gasteiger partial charge on any atom is -0.267 e. The van der Waals surface area contributed by atoms with E-state index in [1.807, 2.05) is 5.32 Å². The van der Waals surface area contributed by atoms with E-state index in [4.69, 9.17) is 5.26 Å². The Balaban J connectivity index is 2.71. The van der Waals surface area contributed by atoms with Crippen molar-refractivity contribution in [1.82, 2.24) is 5.32 Å². The Morgan fingerprint density at radius 2 is 2.60 bits per heavy atom. The summed E-state index contributed by atoms with van der Waals surface area (Å²) in [7, 11) is 0. The smallest absolute Gasteiger partial charge is 0.267 e. The number of hydrogen-bond donors (Lipinski definition) is 1. The van der Waals surface area contributed by atoms with Crippen LogP contribution in [0, 0.1) is 11.5 Å². The molecular formula is C6H4N2OS. The van der Waals surface area contributed by atoms with Crippen molar-refractivity contribution in [3.63, 3.8) is 0 Å². The van der Waals surface area contributed by atoms with E-state index in [1.165, 1.54) is 11.3 Å². The van der Waals surface area contributed by atoms with Crippen molar-refractivity contribution in [3.8, 4) is 6.19 Å². The van der Waals surface area contributed by atoms with Gasteiger partial charge in [0.05, 0.1) is 4.88 Å². The van der Waals surface area contributed by atoms with Crippen LogP contribution >= 0.6 is 11.3 Å². The molecule has 50 valence electrons. The molecular weight excluding hydrogens is 148 g/mol. The second kappa shape index (κ2) is 2.99. The lowest BCUT2D eigenvalue weighted by atomic mass is 10.4. The molecule has 1 aromatic heterocycles. The van der Waals surface area contributed by atoms with E-state index < -0.39 is 0 Å². The van der Waals surface area contributed by atoms with Gasteiger partial charge in [-0.05, 0) is 11.4 Å². The summed E-state index contributed by atoms with van der Waals surface area (Å²) in [4.78, 5) is 11.3. The van der Waals surface area contributed by atoms with Crippen LogP contribution in [0.4, 0.5) is 0 Å². The van der Waals surface area contributed by atoms with Gasteiger partial charge in [-0.2, -0.15) is 5.26 Å². The van der Waals surface area contributed by atoms with Crippen molar-refractivity contribution < 1.29 is 4.79 Å². The van der Waals surface area contributed by atoms with E-state index in [0.29, 0.717) is 4.88 Å². The fourth-order valence-electron chi connectivity index (χ4n) is 0.520. The van der Waals surface area contributed by atoms with Gasteiger partial charge in [0.15, 0.2) is 6.19 Å². The first kappa shape index (κ1) is 6.78. The number of hydrogen-bond acceptors (Lipinski definition) is 3. The Labute approximate surface area is 61.9 Å². The number of amides is 1. The van der Waals surface area contributed by atoms with Crippen LogP contribution < -0.4 is 5.32 Å². The lowest BCUT2D eigenvalue weighted by Crippen LogP contribution is -2.15. The van der Waals surface area contributed by atoms with Crippen LogP contribution in [0.1, 0.15) is 9.67 Å². The lowest BCUT2D eigenvalue weighted by Gasteiger charge is -1.87. The molecule has 0 unspecified atom stereocenters. The number of nitrogens with zero attached hydrogens (tertiary/aromatic N) is 1. The molecule has 0 saturated heterocycles. The van der Waals surface area contributed by atoms with Crippen LogP contribution in [-0.4, -0.2) is 5.91 Å². The molecule has 1 N–H and O–H groups in total. The van der Waals surface area contributed by atoms with Gasteiger partial charge in [-0.3, -0.25) is 10.1 Å². The predicted octanol–water partition coefficient (Wildman–Crippen LogP) is 0.959. The van der Waals surface area contributed by atoms with E-state index in [2.05, 4.69) is 0 Å². The lowest BCUT2D eigenvalue weighted by molar-refractivity contribution is 0.0977.